The molecule has 0 aliphatic rings. The molecule has 0 unspecified atom stereocenters. The Morgan fingerprint density at radius 3 is 2.39 bits per heavy atom. The van der Waals surface area contributed by atoms with Crippen molar-refractivity contribution in [3.05, 3.63) is 69.5 Å². The first kappa shape index (κ1) is 22.2. The molecule has 1 aromatic heterocycles. The highest BCUT2D eigenvalue weighted by Crippen LogP contribution is 2.31. The van der Waals surface area contributed by atoms with Gasteiger partial charge in [-0.1, -0.05) is 6.07 Å². The van der Waals surface area contributed by atoms with Crippen molar-refractivity contribution in [2.75, 3.05) is 14.2 Å². The van der Waals surface area contributed by atoms with Crippen LogP contribution in [-0.2, 0) is 19.3 Å². The molecular formula is C22H21F3N2O4. The van der Waals surface area contributed by atoms with E-state index in [2.05, 4.69) is 5.32 Å². The summed E-state index contributed by atoms with van der Waals surface area (Å²) in [7, 11) is 2.99. The standard InChI is InChI=1S/C22H21F3N2O4/c1-4-27-12-16(20(28)15-10-14(22(23,24)25)6-7-17(15)27)21(29)26-11-13-5-8-18(30-2)19(9-13)31-3/h5-10,12H,4,11H2,1-3H3,(H,26,29). The fourth-order valence-corrected chi connectivity index (χ4v) is 3.27. The third-order valence-electron chi connectivity index (χ3n) is 4.89. The second-order valence-corrected chi connectivity index (χ2v) is 6.76. The fourth-order valence-electron chi connectivity index (χ4n) is 3.27. The fraction of sp³-hybridized carbons (Fsp3) is 0.273. The molecule has 1 N–H and O–H groups in total. The van der Waals surface area contributed by atoms with Gasteiger partial charge < -0.3 is 19.4 Å². The summed E-state index contributed by atoms with van der Waals surface area (Å²) in [6.45, 7) is 2.23. The molecule has 164 valence electrons. The van der Waals surface area contributed by atoms with Gasteiger partial charge in [0.05, 0.1) is 25.3 Å². The molecule has 1 heterocycles. The second kappa shape index (κ2) is 8.71. The zero-order valence-electron chi connectivity index (χ0n) is 17.2. The van der Waals surface area contributed by atoms with Gasteiger partial charge in [-0.3, -0.25) is 9.59 Å². The number of alkyl halides is 3. The van der Waals surface area contributed by atoms with Crippen LogP contribution in [0.15, 0.2) is 47.4 Å². The molecule has 0 radical (unpaired) electrons. The average Bonchev–Trinajstić information content (AvgIpc) is 2.76. The molecule has 6 nitrogen and oxygen atoms in total. The molecule has 3 aromatic rings. The Morgan fingerprint density at radius 1 is 1.06 bits per heavy atom. The van der Waals surface area contributed by atoms with Crippen LogP contribution in [0, 0.1) is 0 Å². The molecule has 0 aliphatic heterocycles. The molecule has 0 saturated heterocycles. The lowest BCUT2D eigenvalue weighted by molar-refractivity contribution is -0.137. The van der Waals surface area contributed by atoms with Gasteiger partial charge in [-0.15, -0.1) is 0 Å². The van der Waals surface area contributed by atoms with Crippen molar-refractivity contribution in [2.45, 2.75) is 26.2 Å². The largest absolute Gasteiger partial charge is 0.493 e. The molecule has 0 spiro atoms. The van der Waals surface area contributed by atoms with Gasteiger partial charge in [-0.25, -0.2) is 0 Å². The van der Waals surface area contributed by atoms with Crippen LogP contribution in [0.4, 0.5) is 13.2 Å². The van der Waals surface area contributed by atoms with Gasteiger partial charge in [0.2, 0.25) is 5.43 Å². The number of nitrogens with zero attached hydrogens (tertiary/aromatic N) is 1. The molecular weight excluding hydrogens is 413 g/mol. The summed E-state index contributed by atoms with van der Waals surface area (Å²) < 4.78 is 51.3. The van der Waals surface area contributed by atoms with E-state index in [1.165, 1.54) is 26.5 Å². The summed E-state index contributed by atoms with van der Waals surface area (Å²) >= 11 is 0. The summed E-state index contributed by atoms with van der Waals surface area (Å²) in [6.07, 6.45) is -3.23. The minimum absolute atomic E-state index is 0.0887. The number of benzene rings is 2. The first-order valence-electron chi connectivity index (χ1n) is 9.43. The lowest BCUT2D eigenvalue weighted by atomic mass is 10.1. The molecule has 1 amide bonds. The SMILES string of the molecule is CCn1cc(C(=O)NCc2ccc(OC)c(OC)c2)c(=O)c2cc(C(F)(F)F)ccc21. The van der Waals surface area contributed by atoms with E-state index in [9.17, 15) is 22.8 Å². The maximum atomic E-state index is 13.1. The summed E-state index contributed by atoms with van der Waals surface area (Å²) in [6, 6.07) is 8.04. The van der Waals surface area contributed by atoms with Crippen LogP contribution in [-0.4, -0.2) is 24.7 Å². The highest BCUT2D eigenvalue weighted by atomic mass is 19.4. The number of halogens is 3. The number of rotatable bonds is 6. The number of pyridine rings is 1. The van der Waals surface area contributed by atoms with Crippen LogP contribution in [0.2, 0.25) is 0 Å². The third-order valence-corrected chi connectivity index (χ3v) is 4.89. The maximum Gasteiger partial charge on any atom is 0.416 e. The minimum Gasteiger partial charge on any atom is -0.493 e. The highest BCUT2D eigenvalue weighted by molar-refractivity contribution is 5.97. The van der Waals surface area contributed by atoms with E-state index < -0.39 is 23.1 Å². The monoisotopic (exact) mass is 434 g/mol. The summed E-state index contributed by atoms with van der Waals surface area (Å²) in [5.74, 6) is 0.327. The minimum atomic E-state index is -4.59. The average molecular weight is 434 g/mol. The molecule has 9 heteroatoms. The maximum absolute atomic E-state index is 13.1. The van der Waals surface area contributed by atoms with Crippen molar-refractivity contribution >= 4 is 16.8 Å². The molecule has 0 atom stereocenters. The normalized spacial score (nSPS) is 11.4. The zero-order chi connectivity index (χ0) is 22.8. The van der Waals surface area contributed by atoms with E-state index in [1.54, 1.807) is 29.7 Å². The Kier molecular flexibility index (Phi) is 6.24. The van der Waals surface area contributed by atoms with E-state index in [4.69, 9.17) is 9.47 Å². The van der Waals surface area contributed by atoms with Gasteiger partial charge in [0.25, 0.3) is 5.91 Å². The Labute approximate surface area is 176 Å². The number of carbonyl (C=O) groups is 1. The Hall–Kier alpha value is -3.49. The van der Waals surface area contributed by atoms with Gasteiger partial charge in [0, 0.05) is 24.7 Å². The number of hydrogen-bond acceptors (Lipinski definition) is 4. The van der Waals surface area contributed by atoms with Crippen molar-refractivity contribution in [1.82, 2.24) is 9.88 Å². The van der Waals surface area contributed by atoms with E-state index in [-0.39, 0.29) is 17.5 Å². The Balaban J connectivity index is 1.95. The quantitative estimate of drug-likeness (QED) is 0.637. The first-order valence-corrected chi connectivity index (χ1v) is 9.43. The van der Waals surface area contributed by atoms with Crippen LogP contribution >= 0.6 is 0 Å². The number of hydrogen-bond donors (Lipinski definition) is 1. The number of aryl methyl sites for hydroxylation is 1. The molecule has 2 aromatic carbocycles. The van der Waals surface area contributed by atoms with E-state index in [1.807, 2.05) is 0 Å². The number of methoxy groups -OCH3 is 2. The van der Waals surface area contributed by atoms with Gasteiger partial charge in [0.15, 0.2) is 11.5 Å². The molecule has 0 saturated carbocycles. The van der Waals surface area contributed by atoms with Crippen LogP contribution in [0.5, 0.6) is 11.5 Å². The predicted molar refractivity (Wildman–Crippen MR) is 110 cm³/mol. The Bertz CT molecular complexity index is 1190. The molecule has 0 aliphatic carbocycles. The summed E-state index contributed by atoms with van der Waals surface area (Å²) in [5.41, 5.74) is -0.897. The van der Waals surface area contributed by atoms with Crippen molar-refractivity contribution < 1.29 is 27.4 Å². The molecule has 31 heavy (non-hydrogen) atoms. The van der Waals surface area contributed by atoms with Gasteiger partial charge in [0.1, 0.15) is 5.56 Å². The summed E-state index contributed by atoms with van der Waals surface area (Å²) in [4.78, 5) is 25.5. The smallest absolute Gasteiger partial charge is 0.416 e. The van der Waals surface area contributed by atoms with Gasteiger partial charge in [-0.05, 0) is 42.8 Å². The molecule has 0 fully saturated rings. The van der Waals surface area contributed by atoms with Crippen LogP contribution in [0.25, 0.3) is 10.9 Å². The van der Waals surface area contributed by atoms with Gasteiger partial charge in [-0.2, -0.15) is 13.2 Å². The number of fused-ring (bicyclic) bond motifs is 1. The van der Waals surface area contributed by atoms with E-state index >= 15 is 0 Å². The topological polar surface area (TPSA) is 69.6 Å². The van der Waals surface area contributed by atoms with E-state index in [0.717, 1.165) is 12.1 Å². The second-order valence-electron chi connectivity index (χ2n) is 6.76. The third kappa shape index (κ3) is 4.50. The highest BCUT2D eigenvalue weighted by Gasteiger charge is 2.31. The van der Waals surface area contributed by atoms with Crippen LogP contribution in [0.3, 0.4) is 0 Å². The first-order chi connectivity index (χ1) is 14.7. The van der Waals surface area contributed by atoms with Crippen LogP contribution < -0.4 is 20.2 Å². The van der Waals surface area contributed by atoms with Crippen molar-refractivity contribution in [1.29, 1.82) is 0 Å². The molecule has 3 rings (SSSR count). The molecule has 0 bridgehead atoms. The van der Waals surface area contributed by atoms with Crippen LogP contribution in [0.1, 0.15) is 28.4 Å². The lowest BCUT2D eigenvalue weighted by Crippen LogP contribution is -2.29. The zero-order valence-corrected chi connectivity index (χ0v) is 17.2. The predicted octanol–water partition coefficient (Wildman–Crippen LogP) is 3.99. The van der Waals surface area contributed by atoms with Crippen molar-refractivity contribution in [3.8, 4) is 11.5 Å². The lowest BCUT2D eigenvalue weighted by Gasteiger charge is -2.14. The Morgan fingerprint density at radius 2 is 1.77 bits per heavy atom. The van der Waals surface area contributed by atoms with E-state index in [0.29, 0.717) is 29.1 Å². The summed E-state index contributed by atoms with van der Waals surface area (Å²) in [5, 5.41) is 2.48. The van der Waals surface area contributed by atoms with Crippen molar-refractivity contribution in [3.63, 3.8) is 0 Å². The number of ether oxygens (including phenoxy) is 2. The number of nitrogens with one attached hydrogen (secondary N) is 1. The number of amides is 1. The number of carbonyl (C=O) groups excluding carboxylic acids is 1. The van der Waals surface area contributed by atoms with Crippen molar-refractivity contribution in [2.24, 2.45) is 0 Å². The number of aromatic nitrogens is 1. The van der Waals surface area contributed by atoms with Gasteiger partial charge >= 0.3 is 6.18 Å².